The van der Waals surface area contributed by atoms with Gasteiger partial charge in [0.2, 0.25) is 6.29 Å². The van der Waals surface area contributed by atoms with Crippen molar-refractivity contribution in [3.8, 4) is 0 Å². The zero-order valence-electron chi connectivity index (χ0n) is 15.4. The van der Waals surface area contributed by atoms with Gasteiger partial charge in [0, 0.05) is 24.8 Å². The molecular formula is C21H29NO4. The highest BCUT2D eigenvalue weighted by molar-refractivity contribution is 6.02. The lowest BCUT2D eigenvalue weighted by atomic mass is 9.68. The van der Waals surface area contributed by atoms with Crippen LogP contribution in [0, 0.1) is 17.8 Å². The van der Waals surface area contributed by atoms with E-state index >= 15 is 0 Å². The average molecular weight is 359 g/mol. The smallest absolute Gasteiger partial charge is 0.290 e. The van der Waals surface area contributed by atoms with Gasteiger partial charge in [-0.25, -0.2) is 0 Å². The molecule has 142 valence electrons. The number of carbonyl (C=O) groups excluding carboxylic acids is 1. The number of nitrogens with one attached hydrogen (secondary N) is 1. The number of carbonyl (C=O) groups is 1. The minimum Gasteiger partial charge on any atom is -0.459 e. The quantitative estimate of drug-likeness (QED) is 0.742. The minimum absolute atomic E-state index is 0.164. The number of para-hydroxylation sites is 1. The van der Waals surface area contributed by atoms with E-state index in [1.54, 1.807) is 0 Å². The largest absolute Gasteiger partial charge is 0.459 e. The van der Waals surface area contributed by atoms with Crippen LogP contribution in [0.4, 0.5) is 5.69 Å². The second-order valence-electron chi connectivity index (χ2n) is 7.09. The van der Waals surface area contributed by atoms with Crippen molar-refractivity contribution in [2.75, 3.05) is 18.5 Å². The number of amides is 1. The Hall–Kier alpha value is -1.85. The summed E-state index contributed by atoms with van der Waals surface area (Å²) < 4.78 is 11.8. The van der Waals surface area contributed by atoms with Crippen LogP contribution in [0.25, 0.3) is 0 Å². The van der Waals surface area contributed by atoms with Crippen LogP contribution in [0.15, 0.2) is 42.2 Å². The Bertz CT molecular complexity index is 612. The first kappa shape index (κ1) is 18.9. The van der Waals surface area contributed by atoms with Gasteiger partial charge in [0.1, 0.15) is 0 Å². The molecule has 1 aromatic rings. The lowest BCUT2D eigenvalue weighted by molar-refractivity contribution is -0.177. The normalized spacial score (nSPS) is 25.8. The highest BCUT2D eigenvalue weighted by Gasteiger charge is 2.42. The van der Waals surface area contributed by atoms with Gasteiger partial charge >= 0.3 is 0 Å². The monoisotopic (exact) mass is 359 g/mol. The van der Waals surface area contributed by atoms with E-state index in [-0.39, 0.29) is 24.3 Å². The number of anilines is 1. The van der Waals surface area contributed by atoms with Crippen LogP contribution in [0.2, 0.25) is 0 Å². The van der Waals surface area contributed by atoms with Crippen molar-refractivity contribution in [1.82, 2.24) is 0 Å². The Kier molecular flexibility index (Phi) is 6.69. The number of hydrogen-bond acceptors (Lipinski definition) is 4. The second kappa shape index (κ2) is 9.19. The predicted molar refractivity (Wildman–Crippen MR) is 100 cm³/mol. The molecule has 1 aliphatic heterocycles. The van der Waals surface area contributed by atoms with E-state index in [4.69, 9.17) is 9.47 Å². The first-order chi connectivity index (χ1) is 12.7. The van der Waals surface area contributed by atoms with Crippen molar-refractivity contribution in [2.24, 2.45) is 17.8 Å². The fourth-order valence-corrected chi connectivity index (χ4v) is 3.86. The Balaban J connectivity index is 1.79. The maximum atomic E-state index is 12.7. The molecule has 1 fully saturated rings. The summed E-state index contributed by atoms with van der Waals surface area (Å²) in [7, 11) is 0. The van der Waals surface area contributed by atoms with E-state index in [0.29, 0.717) is 18.3 Å². The molecule has 0 aromatic heterocycles. The molecule has 2 aliphatic rings. The molecule has 3 atom stereocenters. The van der Waals surface area contributed by atoms with E-state index in [1.807, 2.05) is 43.3 Å². The average Bonchev–Trinajstić information content (AvgIpc) is 2.60. The first-order valence-corrected chi connectivity index (χ1v) is 9.70. The Morgan fingerprint density at radius 1 is 1.31 bits per heavy atom. The molecule has 0 saturated heterocycles. The van der Waals surface area contributed by atoms with Crippen LogP contribution in [0.5, 0.6) is 0 Å². The minimum atomic E-state index is -0.432. The summed E-state index contributed by atoms with van der Waals surface area (Å²) in [6.45, 7) is 2.63. The van der Waals surface area contributed by atoms with Crippen molar-refractivity contribution in [3.05, 3.63) is 42.2 Å². The maximum absolute atomic E-state index is 12.7. The van der Waals surface area contributed by atoms with Gasteiger partial charge in [0.05, 0.1) is 0 Å². The first-order valence-electron chi connectivity index (χ1n) is 9.70. The number of allylic oxidation sites excluding steroid dienone is 1. The van der Waals surface area contributed by atoms with Crippen LogP contribution in [-0.4, -0.2) is 30.5 Å². The van der Waals surface area contributed by atoms with Crippen molar-refractivity contribution >= 4 is 11.6 Å². The van der Waals surface area contributed by atoms with Crippen LogP contribution in [0.3, 0.4) is 0 Å². The molecule has 2 N–H and O–H groups in total. The number of rotatable bonds is 8. The molecule has 1 heterocycles. The molecule has 1 aliphatic carbocycles. The summed E-state index contributed by atoms with van der Waals surface area (Å²) >= 11 is 0. The summed E-state index contributed by atoms with van der Waals surface area (Å²) in [5.41, 5.74) is 0.748. The summed E-state index contributed by atoms with van der Waals surface area (Å²) in [6, 6.07) is 9.40. The van der Waals surface area contributed by atoms with Gasteiger partial charge in [0.15, 0.2) is 5.76 Å². The van der Waals surface area contributed by atoms with Gasteiger partial charge in [-0.05, 0) is 62.7 Å². The second-order valence-corrected chi connectivity index (χ2v) is 7.09. The van der Waals surface area contributed by atoms with Crippen molar-refractivity contribution in [2.45, 2.75) is 45.3 Å². The Morgan fingerprint density at radius 2 is 2.08 bits per heavy atom. The highest BCUT2D eigenvalue weighted by Crippen LogP contribution is 2.44. The molecular weight excluding hydrogens is 330 g/mol. The molecule has 3 rings (SSSR count). The summed E-state index contributed by atoms with van der Waals surface area (Å²) in [5, 5.41) is 12.2. The van der Waals surface area contributed by atoms with E-state index in [2.05, 4.69) is 5.32 Å². The summed E-state index contributed by atoms with van der Waals surface area (Å²) in [6.07, 6.45) is 6.74. The third-order valence-electron chi connectivity index (χ3n) is 5.41. The van der Waals surface area contributed by atoms with Crippen LogP contribution in [-0.2, 0) is 14.3 Å². The number of aliphatic hydroxyl groups is 1. The molecule has 1 amide bonds. The SMILES string of the molecule is CCO[C@H]1OC(C(=O)Nc2ccccc2)=C[C@@H](C2CCC2)[C@@H]1CCCO. The molecule has 0 radical (unpaired) electrons. The third-order valence-corrected chi connectivity index (χ3v) is 5.41. The van der Waals surface area contributed by atoms with E-state index in [1.165, 1.54) is 19.3 Å². The van der Waals surface area contributed by atoms with E-state index in [9.17, 15) is 9.90 Å². The maximum Gasteiger partial charge on any atom is 0.290 e. The number of aliphatic hydroxyl groups excluding tert-OH is 1. The molecule has 0 bridgehead atoms. The molecule has 0 spiro atoms. The molecule has 1 saturated carbocycles. The Labute approximate surface area is 155 Å². The molecule has 26 heavy (non-hydrogen) atoms. The summed E-state index contributed by atoms with van der Waals surface area (Å²) in [5.74, 6) is 1.14. The highest BCUT2D eigenvalue weighted by atomic mass is 16.7. The van der Waals surface area contributed by atoms with Crippen molar-refractivity contribution < 1.29 is 19.4 Å². The van der Waals surface area contributed by atoms with Gasteiger partial charge in [-0.1, -0.05) is 24.6 Å². The predicted octanol–water partition coefficient (Wildman–Crippen LogP) is 3.71. The van der Waals surface area contributed by atoms with Gasteiger partial charge < -0.3 is 19.9 Å². The van der Waals surface area contributed by atoms with Crippen LogP contribution >= 0.6 is 0 Å². The standard InChI is InChI=1S/C21H29NO4/c1-2-25-21-17(12-7-13-23)18(15-8-6-9-15)14-19(26-21)20(24)22-16-10-4-3-5-11-16/h3-5,10-11,14-15,17-18,21,23H,2,6-9,12-13H2,1H3,(H,22,24)/t17-,18-,21-/m0/s1. The van der Waals surface area contributed by atoms with Crippen molar-refractivity contribution in [1.29, 1.82) is 0 Å². The molecule has 5 nitrogen and oxygen atoms in total. The van der Waals surface area contributed by atoms with Gasteiger partial charge in [-0.2, -0.15) is 0 Å². The van der Waals surface area contributed by atoms with Crippen LogP contribution in [0.1, 0.15) is 39.0 Å². The van der Waals surface area contributed by atoms with Crippen molar-refractivity contribution in [3.63, 3.8) is 0 Å². The van der Waals surface area contributed by atoms with Gasteiger partial charge in [-0.3, -0.25) is 4.79 Å². The zero-order valence-corrected chi connectivity index (χ0v) is 15.4. The lowest BCUT2D eigenvalue weighted by Crippen LogP contribution is -2.42. The van der Waals surface area contributed by atoms with E-state index < -0.39 is 6.29 Å². The zero-order chi connectivity index (χ0) is 18.4. The molecule has 5 heteroatoms. The Morgan fingerprint density at radius 3 is 2.69 bits per heavy atom. The number of ether oxygens (including phenoxy) is 2. The fourth-order valence-electron chi connectivity index (χ4n) is 3.86. The van der Waals surface area contributed by atoms with E-state index in [0.717, 1.165) is 18.5 Å². The van der Waals surface area contributed by atoms with Gasteiger partial charge in [-0.15, -0.1) is 0 Å². The summed E-state index contributed by atoms with van der Waals surface area (Å²) in [4.78, 5) is 12.7. The number of benzene rings is 1. The lowest BCUT2D eigenvalue weighted by Gasteiger charge is -2.43. The fraction of sp³-hybridized carbons (Fsp3) is 0.571. The van der Waals surface area contributed by atoms with Crippen LogP contribution < -0.4 is 5.32 Å². The molecule has 1 aromatic carbocycles. The topological polar surface area (TPSA) is 67.8 Å². The van der Waals surface area contributed by atoms with Gasteiger partial charge in [0.25, 0.3) is 5.91 Å². The third kappa shape index (κ3) is 4.46. The molecule has 0 unspecified atom stereocenters. The number of hydrogen-bond donors (Lipinski definition) is 2.